The number of anilines is 1. The molecule has 0 unspecified atom stereocenters. The summed E-state index contributed by atoms with van der Waals surface area (Å²) in [6, 6.07) is 5.74. The summed E-state index contributed by atoms with van der Waals surface area (Å²) in [6.07, 6.45) is 2.30. The number of rotatable bonds is 4. The molecule has 0 saturated carbocycles. The van der Waals surface area contributed by atoms with Crippen LogP contribution in [0, 0.1) is 5.92 Å². The first-order chi connectivity index (χ1) is 10.6. The molecule has 1 aromatic heterocycles. The summed E-state index contributed by atoms with van der Waals surface area (Å²) in [5.74, 6) is 0.311. The Bertz CT molecular complexity index is 691. The van der Waals surface area contributed by atoms with Crippen molar-refractivity contribution in [1.82, 2.24) is 15.5 Å². The minimum absolute atomic E-state index is 0.263. The van der Waals surface area contributed by atoms with Crippen molar-refractivity contribution in [1.29, 1.82) is 0 Å². The van der Waals surface area contributed by atoms with Gasteiger partial charge in [0, 0.05) is 11.6 Å². The van der Waals surface area contributed by atoms with E-state index in [-0.39, 0.29) is 5.89 Å². The fraction of sp³-hybridized carbons (Fsp3) is 0.467. The van der Waals surface area contributed by atoms with Crippen LogP contribution in [0.4, 0.5) is 5.69 Å². The normalized spacial score (nSPS) is 17.4. The molecule has 1 aromatic carbocycles. The SMILES string of the molecule is C[C@H](Nc1cc(-c2n[nH]c(=O)o2)ccc1Cl)C1CCNCC1. The van der Waals surface area contributed by atoms with E-state index in [0.717, 1.165) is 31.6 Å². The zero-order valence-electron chi connectivity index (χ0n) is 12.4. The number of halogens is 1. The van der Waals surface area contributed by atoms with Crippen LogP contribution in [0.1, 0.15) is 19.8 Å². The predicted molar refractivity (Wildman–Crippen MR) is 86.2 cm³/mol. The van der Waals surface area contributed by atoms with Gasteiger partial charge < -0.3 is 15.1 Å². The summed E-state index contributed by atoms with van der Waals surface area (Å²) in [6.45, 7) is 4.29. The number of H-pyrrole nitrogens is 1. The Morgan fingerprint density at radius 1 is 1.41 bits per heavy atom. The van der Waals surface area contributed by atoms with Crippen LogP contribution in [0.5, 0.6) is 0 Å². The molecule has 1 aliphatic rings. The molecule has 7 heteroatoms. The topological polar surface area (TPSA) is 83.0 Å². The van der Waals surface area contributed by atoms with Crippen LogP contribution >= 0.6 is 11.6 Å². The molecule has 6 nitrogen and oxygen atoms in total. The number of hydrogen-bond donors (Lipinski definition) is 3. The van der Waals surface area contributed by atoms with Crippen molar-refractivity contribution in [3.8, 4) is 11.5 Å². The van der Waals surface area contributed by atoms with E-state index in [1.807, 2.05) is 6.07 Å². The molecule has 0 aliphatic carbocycles. The fourth-order valence-corrected chi connectivity index (χ4v) is 3.00. The van der Waals surface area contributed by atoms with Crippen LogP contribution in [0.25, 0.3) is 11.5 Å². The standard InChI is InChI=1S/C15H19ClN4O2/c1-9(10-4-6-17-7-5-10)18-13-8-11(2-3-12(13)16)14-19-20-15(21)22-14/h2-3,8-10,17-18H,4-7H2,1H3,(H,20,21)/t9-/m0/s1. The minimum atomic E-state index is -0.567. The van der Waals surface area contributed by atoms with E-state index in [1.165, 1.54) is 0 Å². The van der Waals surface area contributed by atoms with E-state index in [1.54, 1.807) is 12.1 Å². The second-order valence-electron chi connectivity index (χ2n) is 5.63. The second kappa shape index (κ2) is 6.54. The largest absolute Gasteiger partial charge is 0.434 e. The molecular weight excluding hydrogens is 304 g/mol. The van der Waals surface area contributed by atoms with Gasteiger partial charge in [-0.3, -0.25) is 0 Å². The summed E-state index contributed by atoms with van der Waals surface area (Å²) in [4.78, 5) is 11.1. The predicted octanol–water partition coefficient (Wildman–Crippen LogP) is 2.48. The number of aromatic nitrogens is 2. The van der Waals surface area contributed by atoms with E-state index in [0.29, 0.717) is 22.5 Å². The van der Waals surface area contributed by atoms with Gasteiger partial charge in [-0.15, -0.1) is 5.10 Å². The Balaban J connectivity index is 1.79. The average molecular weight is 323 g/mol. The van der Waals surface area contributed by atoms with Gasteiger partial charge >= 0.3 is 5.76 Å². The summed E-state index contributed by atoms with van der Waals surface area (Å²) in [7, 11) is 0. The fourth-order valence-electron chi connectivity index (χ4n) is 2.83. The highest BCUT2D eigenvalue weighted by molar-refractivity contribution is 6.33. The van der Waals surface area contributed by atoms with Crippen molar-refractivity contribution in [3.05, 3.63) is 33.8 Å². The maximum atomic E-state index is 11.1. The number of aromatic amines is 1. The monoisotopic (exact) mass is 322 g/mol. The van der Waals surface area contributed by atoms with Crippen molar-refractivity contribution in [2.45, 2.75) is 25.8 Å². The Kier molecular flexibility index (Phi) is 4.49. The summed E-state index contributed by atoms with van der Waals surface area (Å²) >= 11 is 6.28. The van der Waals surface area contributed by atoms with Crippen LogP contribution in [0.2, 0.25) is 5.02 Å². The lowest BCUT2D eigenvalue weighted by atomic mass is 9.91. The third-order valence-corrected chi connectivity index (χ3v) is 4.46. The Morgan fingerprint density at radius 3 is 2.86 bits per heavy atom. The summed E-state index contributed by atoms with van der Waals surface area (Å²) < 4.78 is 4.98. The molecule has 0 amide bonds. The van der Waals surface area contributed by atoms with E-state index >= 15 is 0 Å². The first-order valence-electron chi connectivity index (χ1n) is 7.46. The van der Waals surface area contributed by atoms with Crippen LogP contribution in [0.15, 0.2) is 27.4 Å². The molecule has 3 N–H and O–H groups in total. The Labute approximate surface area is 133 Å². The van der Waals surface area contributed by atoms with Crippen molar-refractivity contribution in [2.24, 2.45) is 5.92 Å². The van der Waals surface area contributed by atoms with Gasteiger partial charge in [-0.25, -0.2) is 9.89 Å². The maximum Gasteiger partial charge on any atom is 0.434 e. The van der Waals surface area contributed by atoms with E-state index in [9.17, 15) is 4.79 Å². The lowest BCUT2D eigenvalue weighted by molar-refractivity contribution is 0.343. The summed E-state index contributed by atoms with van der Waals surface area (Å²) in [5, 5.41) is 13.6. The molecule has 0 radical (unpaired) electrons. The van der Waals surface area contributed by atoms with Gasteiger partial charge in [-0.05, 0) is 57.0 Å². The quantitative estimate of drug-likeness (QED) is 0.805. The molecule has 118 valence electrons. The van der Waals surface area contributed by atoms with Gasteiger partial charge in [-0.1, -0.05) is 11.6 Å². The van der Waals surface area contributed by atoms with Crippen LogP contribution in [-0.4, -0.2) is 29.3 Å². The maximum absolute atomic E-state index is 11.1. The second-order valence-corrected chi connectivity index (χ2v) is 6.04. The smallest absolute Gasteiger partial charge is 0.388 e. The lowest BCUT2D eigenvalue weighted by Gasteiger charge is -2.29. The lowest BCUT2D eigenvalue weighted by Crippen LogP contribution is -2.36. The highest BCUT2D eigenvalue weighted by Gasteiger charge is 2.20. The number of benzene rings is 1. The third kappa shape index (κ3) is 3.34. The van der Waals surface area contributed by atoms with E-state index in [2.05, 4.69) is 27.8 Å². The third-order valence-electron chi connectivity index (χ3n) is 4.13. The van der Waals surface area contributed by atoms with Crippen LogP contribution < -0.4 is 16.4 Å². The van der Waals surface area contributed by atoms with Crippen molar-refractivity contribution >= 4 is 17.3 Å². The molecule has 2 heterocycles. The molecule has 2 aromatic rings. The van der Waals surface area contributed by atoms with Gasteiger partial charge in [-0.2, -0.15) is 0 Å². The highest BCUT2D eigenvalue weighted by atomic mass is 35.5. The number of nitrogens with one attached hydrogen (secondary N) is 3. The molecule has 22 heavy (non-hydrogen) atoms. The van der Waals surface area contributed by atoms with Crippen molar-refractivity contribution < 1.29 is 4.42 Å². The number of piperidine rings is 1. The molecule has 0 spiro atoms. The van der Waals surface area contributed by atoms with Gasteiger partial charge in [0.15, 0.2) is 0 Å². The van der Waals surface area contributed by atoms with Crippen molar-refractivity contribution in [3.63, 3.8) is 0 Å². The molecule has 3 rings (SSSR count). The van der Waals surface area contributed by atoms with E-state index < -0.39 is 5.76 Å². The molecule has 1 aliphatic heterocycles. The molecule has 1 atom stereocenters. The van der Waals surface area contributed by atoms with Crippen LogP contribution in [0.3, 0.4) is 0 Å². The Hall–Kier alpha value is -1.79. The zero-order chi connectivity index (χ0) is 15.5. The van der Waals surface area contributed by atoms with Crippen LogP contribution in [-0.2, 0) is 0 Å². The zero-order valence-corrected chi connectivity index (χ0v) is 13.1. The minimum Gasteiger partial charge on any atom is -0.388 e. The highest BCUT2D eigenvalue weighted by Crippen LogP contribution is 2.29. The van der Waals surface area contributed by atoms with Gasteiger partial charge in [0.05, 0.1) is 10.7 Å². The molecular formula is C15H19ClN4O2. The first kappa shape index (κ1) is 15.1. The Morgan fingerprint density at radius 2 is 2.18 bits per heavy atom. The van der Waals surface area contributed by atoms with Gasteiger partial charge in [0.25, 0.3) is 0 Å². The molecule has 0 bridgehead atoms. The average Bonchev–Trinajstić information content (AvgIpc) is 2.97. The van der Waals surface area contributed by atoms with Crippen molar-refractivity contribution in [2.75, 3.05) is 18.4 Å². The van der Waals surface area contributed by atoms with Gasteiger partial charge in [0.1, 0.15) is 0 Å². The molecule has 1 fully saturated rings. The first-order valence-corrected chi connectivity index (χ1v) is 7.84. The van der Waals surface area contributed by atoms with Gasteiger partial charge in [0.2, 0.25) is 5.89 Å². The number of hydrogen-bond acceptors (Lipinski definition) is 5. The van der Waals surface area contributed by atoms with E-state index in [4.69, 9.17) is 16.0 Å². The summed E-state index contributed by atoms with van der Waals surface area (Å²) in [5.41, 5.74) is 1.54. The number of nitrogens with zero attached hydrogens (tertiary/aromatic N) is 1. The molecule has 1 saturated heterocycles.